The monoisotopic (exact) mass is 509 g/mol. The smallest absolute Gasteiger partial charge is 0.326 e. The van der Waals surface area contributed by atoms with E-state index < -0.39 is 47.9 Å². The standard InChI is InChI=1S/C24H43N7O5/c1-5-14(3)19(30-21(32)17(26)11-16-12-27-13-28-16)23(34)29-18(9-7-8-10-25)22(33)31-20(24(35)36)15(4)6-2/h12-15,17-20H,5-11,25-26H2,1-4H3,(H,27,28)(H,29,34)(H,30,32)(H,31,33)(H,35,36). The molecule has 0 fully saturated rings. The first kappa shape index (κ1) is 31.0. The van der Waals surface area contributed by atoms with Gasteiger partial charge < -0.3 is 37.5 Å². The lowest BCUT2D eigenvalue weighted by Crippen LogP contribution is -2.59. The Morgan fingerprint density at radius 3 is 2.11 bits per heavy atom. The molecule has 0 aliphatic heterocycles. The van der Waals surface area contributed by atoms with Gasteiger partial charge in [0.2, 0.25) is 17.7 Å². The van der Waals surface area contributed by atoms with Crippen molar-refractivity contribution in [2.75, 3.05) is 6.54 Å². The molecule has 36 heavy (non-hydrogen) atoms. The number of aromatic nitrogens is 2. The van der Waals surface area contributed by atoms with Gasteiger partial charge in [0.25, 0.3) is 0 Å². The van der Waals surface area contributed by atoms with Gasteiger partial charge in [-0.25, -0.2) is 9.78 Å². The number of rotatable bonds is 17. The third kappa shape index (κ3) is 9.94. The van der Waals surface area contributed by atoms with Crippen LogP contribution in [-0.4, -0.2) is 69.5 Å². The number of carbonyl (C=O) groups excluding carboxylic acids is 3. The van der Waals surface area contributed by atoms with Crippen LogP contribution in [0.15, 0.2) is 12.5 Å². The zero-order chi connectivity index (χ0) is 27.3. The molecule has 1 aromatic heterocycles. The van der Waals surface area contributed by atoms with Crippen LogP contribution in [0.1, 0.15) is 65.5 Å². The first-order valence-corrected chi connectivity index (χ1v) is 12.6. The zero-order valence-electron chi connectivity index (χ0n) is 21.8. The molecule has 0 aliphatic carbocycles. The Labute approximate surface area is 212 Å². The van der Waals surface area contributed by atoms with E-state index in [0.29, 0.717) is 37.9 Å². The Kier molecular flexibility index (Phi) is 13.7. The van der Waals surface area contributed by atoms with Crippen LogP contribution in [0.4, 0.5) is 0 Å². The van der Waals surface area contributed by atoms with E-state index in [1.807, 2.05) is 20.8 Å². The van der Waals surface area contributed by atoms with Crippen LogP contribution in [0.5, 0.6) is 0 Å². The lowest BCUT2D eigenvalue weighted by molar-refractivity contribution is -0.144. The van der Waals surface area contributed by atoms with Crippen molar-refractivity contribution >= 4 is 23.7 Å². The Morgan fingerprint density at radius 1 is 0.972 bits per heavy atom. The number of nitrogens with one attached hydrogen (secondary N) is 4. The first-order chi connectivity index (χ1) is 17.0. The molecule has 3 amide bonds. The third-order valence-corrected chi connectivity index (χ3v) is 6.48. The van der Waals surface area contributed by atoms with Crippen molar-refractivity contribution in [2.45, 2.75) is 90.4 Å². The van der Waals surface area contributed by atoms with Crippen molar-refractivity contribution in [3.8, 4) is 0 Å². The topological polar surface area (TPSA) is 205 Å². The number of aromatic amines is 1. The van der Waals surface area contributed by atoms with Gasteiger partial charge in [-0.05, 0) is 37.6 Å². The number of hydrogen-bond acceptors (Lipinski definition) is 7. The van der Waals surface area contributed by atoms with E-state index in [1.165, 1.54) is 6.33 Å². The molecule has 12 heteroatoms. The highest BCUT2D eigenvalue weighted by Crippen LogP contribution is 2.12. The maximum atomic E-state index is 13.3. The lowest BCUT2D eigenvalue weighted by atomic mass is 9.96. The second-order valence-electron chi connectivity index (χ2n) is 9.31. The van der Waals surface area contributed by atoms with Crippen LogP contribution in [0.3, 0.4) is 0 Å². The molecular weight excluding hydrogens is 466 g/mol. The summed E-state index contributed by atoms with van der Waals surface area (Å²) in [6.45, 7) is 7.70. The summed E-state index contributed by atoms with van der Waals surface area (Å²) in [4.78, 5) is 57.5. The molecule has 1 aromatic rings. The van der Waals surface area contributed by atoms with Gasteiger partial charge in [0.1, 0.15) is 18.1 Å². The maximum Gasteiger partial charge on any atom is 0.326 e. The van der Waals surface area contributed by atoms with Gasteiger partial charge in [0.15, 0.2) is 0 Å². The first-order valence-electron chi connectivity index (χ1n) is 12.6. The Bertz CT molecular complexity index is 833. The van der Waals surface area contributed by atoms with Crippen molar-refractivity contribution in [1.82, 2.24) is 25.9 Å². The largest absolute Gasteiger partial charge is 0.480 e. The van der Waals surface area contributed by atoms with Crippen molar-refractivity contribution in [3.63, 3.8) is 0 Å². The normalized spacial score (nSPS) is 16.2. The number of carboxylic acid groups (broad SMARTS) is 1. The van der Waals surface area contributed by atoms with Crippen LogP contribution < -0.4 is 27.4 Å². The summed E-state index contributed by atoms with van der Waals surface area (Å²) < 4.78 is 0. The van der Waals surface area contributed by atoms with E-state index in [4.69, 9.17) is 11.5 Å². The van der Waals surface area contributed by atoms with Crippen LogP contribution in [-0.2, 0) is 25.6 Å². The molecule has 204 valence electrons. The summed E-state index contributed by atoms with van der Waals surface area (Å²) in [7, 11) is 0. The molecule has 0 aliphatic rings. The predicted molar refractivity (Wildman–Crippen MR) is 136 cm³/mol. The number of carboxylic acids is 1. The highest BCUT2D eigenvalue weighted by atomic mass is 16.4. The van der Waals surface area contributed by atoms with Gasteiger partial charge in [-0.2, -0.15) is 0 Å². The number of amides is 3. The number of carbonyl (C=O) groups is 4. The molecule has 0 saturated heterocycles. The summed E-state index contributed by atoms with van der Waals surface area (Å²) in [6, 6.07) is -3.88. The van der Waals surface area contributed by atoms with Gasteiger partial charge >= 0.3 is 5.97 Å². The molecule has 1 rings (SSSR count). The van der Waals surface area contributed by atoms with Crippen LogP contribution in [0, 0.1) is 11.8 Å². The SMILES string of the molecule is CCC(C)C(NC(=O)C(CCCCN)NC(=O)C(NC(=O)C(N)Cc1cnc[nH]1)C(C)CC)C(=O)O. The second-order valence-corrected chi connectivity index (χ2v) is 9.31. The lowest BCUT2D eigenvalue weighted by Gasteiger charge is -2.28. The van der Waals surface area contributed by atoms with Crippen molar-refractivity contribution < 1.29 is 24.3 Å². The van der Waals surface area contributed by atoms with E-state index in [0.717, 1.165) is 0 Å². The fourth-order valence-corrected chi connectivity index (χ4v) is 3.65. The second kappa shape index (κ2) is 15.9. The van der Waals surface area contributed by atoms with E-state index >= 15 is 0 Å². The van der Waals surface area contributed by atoms with Crippen LogP contribution in [0.25, 0.3) is 0 Å². The van der Waals surface area contributed by atoms with E-state index in [2.05, 4.69) is 25.9 Å². The minimum atomic E-state index is -1.14. The van der Waals surface area contributed by atoms with Gasteiger partial charge in [0, 0.05) is 18.3 Å². The molecule has 0 spiro atoms. The molecule has 0 saturated carbocycles. The van der Waals surface area contributed by atoms with Gasteiger partial charge in [-0.3, -0.25) is 14.4 Å². The minimum absolute atomic E-state index is 0.219. The fourth-order valence-electron chi connectivity index (χ4n) is 3.65. The Balaban J connectivity index is 2.99. The zero-order valence-corrected chi connectivity index (χ0v) is 21.8. The summed E-state index contributed by atoms with van der Waals surface area (Å²) in [5.74, 6) is -3.30. The summed E-state index contributed by atoms with van der Waals surface area (Å²) in [5.41, 5.74) is 12.3. The minimum Gasteiger partial charge on any atom is -0.480 e. The van der Waals surface area contributed by atoms with Gasteiger partial charge in [-0.1, -0.05) is 40.5 Å². The van der Waals surface area contributed by atoms with E-state index in [9.17, 15) is 24.3 Å². The highest BCUT2D eigenvalue weighted by molar-refractivity contribution is 5.94. The Hall–Kier alpha value is -2.99. The van der Waals surface area contributed by atoms with Gasteiger partial charge in [0.05, 0.1) is 12.4 Å². The summed E-state index contributed by atoms with van der Waals surface area (Å²) in [5, 5.41) is 17.6. The molecule has 0 aromatic carbocycles. The quantitative estimate of drug-likeness (QED) is 0.142. The molecule has 1 heterocycles. The van der Waals surface area contributed by atoms with E-state index in [1.54, 1.807) is 13.1 Å². The number of aliphatic carboxylic acids is 1. The maximum absolute atomic E-state index is 13.3. The molecule has 12 nitrogen and oxygen atoms in total. The number of hydrogen-bond donors (Lipinski definition) is 7. The van der Waals surface area contributed by atoms with Crippen LogP contribution in [0.2, 0.25) is 0 Å². The average Bonchev–Trinajstić information content (AvgIpc) is 3.36. The molecule has 9 N–H and O–H groups in total. The molecule has 6 atom stereocenters. The molecule has 0 bridgehead atoms. The number of nitrogens with zero attached hydrogens (tertiary/aromatic N) is 1. The molecular formula is C24H43N7O5. The summed E-state index contributed by atoms with van der Waals surface area (Å²) in [6.07, 6.45) is 5.91. The van der Waals surface area contributed by atoms with Crippen molar-refractivity contribution in [2.24, 2.45) is 23.3 Å². The Morgan fingerprint density at radius 2 is 1.58 bits per heavy atom. The number of unbranched alkanes of at least 4 members (excludes halogenated alkanes) is 1. The number of nitrogens with two attached hydrogens (primary N) is 2. The fraction of sp³-hybridized carbons (Fsp3) is 0.708. The third-order valence-electron chi connectivity index (χ3n) is 6.48. The molecule has 0 radical (unpaired) electrons. The van der Waals surface area contributed by atoms with Crippen molar-refractivity contribution in [3.05, 3.63) is 18.2 Å². The van der Waals surface area contributed by atoms with E-state index in [-0.39, 0.29) is 24.7 Å². The molecule has 6 unspecified atom stereocenters. The number of H-pyrrole nitrogens is 1. The summed E-state index contributed by atoms with van der Waals surface area (Å²) >= 11 is 0. The predicted octanol–water partition coefficient (Wildman–Crippen LogP) is 0.0397. The van der Waals surface area contributed by atoms with Crippen molar-refractivity contribution in [1.29, 1.82) is 0 Å². The average molecular weight is 510 g/mol. The van der Waals surface area contributed by atoms with Gasteiger partial charge in [-0.15, -0.1) is 0 Å². The number of imidazole rings is 1. The van der Waals surface area contributed by atoms with Crippen LogP contribution >= 0.6 is 0 Å². The highest BCUT2D eigenvalue weighted by Gasteiger charge is 2.33.